The van der Waals surface area contributed by atoms with E-state index in [0.29, 0.717) is 28.9 Å². The third kappa shape index (κ3) is 3.60. The van der Waals surface area contributed by atoms with Gasteiger partial charge in [-0.25, -0.2) is 4.79 Å². The van der Waals surface area contributed by atoms with Crippen LogP contribution in [0.25, 0.3) is 10.6 Å². The molecule has 0 aliphatic carbocycles. The smallest absolute Gasteiger partial charge is 0.354 e. The van der Waals surface area contributed by atoms with Gasteiger partial charge in [-0.2, -0.15) is 5.10 Å². The standard InChI is InChI=1S/C17H15ClN4O4S/c18-15-4-3-14(27-15)13-7-10(20-26-13)9-22-12(17(24)25)8-11(19-22)16(23)21-5-1-2-6-21/h3-4,7-8H,1-2,5-6,9H2,(H,24,25). The van der Waals surface area contributed by atoms with Crippen molar-refractivity contribution < 1.29 is 19.2 Å². The summed E-state index contributed by atoms with van der Waals surface area (Å²) in [5, 5.41) is 17.6. The number of carboxylic acid groups (broad SMARTS) is 1. The van der Waals surface area contributed by atoms with Crippen LogP contribution >= 0.6 is 22.9 Å². The van der Waals surface area contributed by atoms with Crippen molar-refractivity contribution in [2.45, 2.75) is 19.4 Å². The lowest BCUT2D eigenvalue weighted by molar-refractivity contribution is 0.0683. The Kier molecular flexibility index (Phi) is 4.71. The van der Waals surface area contributed by atoms with Gasteiger partial charge < -0.3 is 14.5 Å². The Morgan fingerprint density at radius 1 is 1.26 bits per heavy atom. The summed E-state index contributed by atoms with van der Waals surface area (Å²) in [5.41, 5.74) is 0.560. The number of carbonyl (C=O) groups is 2. The fraction of sp³-hybridized carbons (Fsp3) is 0.294. The third-order valence-corrected chi connectivity index (χ3v) is 5.54. The van der Waals surface area contributed by atoms with E-state index >= 15 is 0 Å². The summed E-state index contributed by atoms with van der Waals surface area (Å²) in [6.45, 7) is 1.42. The maximum atomic E-state index is 12.5. The molecule has 10 heteroatoms. The van der Waals surface area contributed by atoms with Gasteiger partial charge in [-0.05, 0) is 25.0 Å². The van der Waals surface area contributed by atoms with Crippen LogP contribution in [0.4, 0.5) is 0 Å². The maximum absolute atomic E-state index is 12.5. The van der Waals surface area contributed by atoms with Gasteiger partial charge in [0.2, 0.25) is 0 Å². The number of carboxylic acids is 1. The van der Waals surface area contributed by atoms with E-state index in [0.717, 1.165) is 17.7 Å². The molecule has 1 aliphatic heterocycles. The molecule has 0 spiro atoms. The van der Waals surface area contributed by atoms with Crippen molar-refractivity contribution in [1.29, 1.82) is 0 Å². The van der Waals surface area contributed by atoms with Crippen molar-refractivity contribution in [2.75, 3.05) is 13.1 Å². The molecule has 4 rings (SSSR count). The van der Waals surface area contributed by atoms with Crippen LogP contribution in [0, 0.1) is 0 Å². The van der Waals surface area contributed by atoms with Crippen LogP contribution in [0.5, 0.6) is 0 Å². The number of aromatic nitrogens is 3. The molecule has 140 valence electrons. The predicted molar refractivity (Wildman–Crippen MR) is 98.3 cm³/mol. The first-order valence-electron chi connectivity index (χ1n) is 8.33. The minimum Gasteiger partial charge on any atom is -0.477 e. The van der Waals surface area contributed by atoms with Crippen LogP contribution in [0.15, 0.2) is 28.8 Å². The SMILES string of the molecule is O=C(O)c1cc(C(=O)N2CCCC2)nn1Cc1cc(-c2ccc(Cl)s2)on1. The first-order valence-corrected chi connectivity index (χ1v) is 9.52. The van der Waals surface area contributed by atoms with Gasteiger partial charge in [-0.3, -0.25) is 9.48 Å². The van der Waals surface area contributed by atoms with Crippen LogP contribution in [-0.2, 0) is 6.54 Å². The summed E-state index contributed by atoms with van der Waals surface area (Å²) < 4.78 is 7.20. The largest absolute Gasteiger partial charge is 0.477 e. The highest BCUT2D eigenvalue weighted by molar-refractivity contribution is 7.19. The Morgan fingerprint density at radius 3 is 2.70 bits per heavy atom. The van der Waals surface area contributed by atoms with E-state index in [1.165, 1.54) is 22.1 Å². The van der Waals surface area contributed by atoms with Crippen molar-refractivity contribution in [3.05, 3.63) is 45.7 Å². The lowest BCUT2D eigenvalue weighted by Crippen LogP contribution is -2.28. The molecule has 4 heterocycles. The lowest BCUT2D eigenvalue weighted by Gasteiger charge is -2.12. The molecule has 0 saturated carbocycles. The number of carbonyl (C=O) groups excluding carboxylic acids is 1. The molecule has 1 aliphatic rings. The quantitative estimate of drug-likeness (QED) is 0.697. The molecule has 0 atom stereocenters. The van der Waals surface area contributed by atoms with E-state index in [1.807, 2.05) is 6.07 Å². The number of aromatic carboxylic acids is 1. The van der Waals surface area contributed by atoms with Gasteiger partial charge >= 0.3 is 5.97 Å². The van der Waals surface area contributed by atoms with Crippen molar-refractivity contribution in [3.63, 3.8) is 0 Å². The number of hydrogen-bond donors (Lipinski definition) is 1. The highest BCUT2D eigenvalue weighted by Gasteiger charge is 2.25. The van der Waals surface area contributed by atoms with Crippen LogP contribution in [-0.4, -0.2) is 49.9 Å². The predicted octanol–water partition coefficient (Wildman–Crippen LogP) is 3.24. The second kappa shape index (κ2) is 7.16. The summed E-state index contributed by atoms with van der Waals surface area (Å²) in [4.78, 5) is 26.6. The highest BCUT2D eigenvalue weighted by Crippen LogP contribution is 2.31. The first-order chi connectivity index (χ1) is 13.0. The van der Waals surface area contributed by atoms with Crippen molar-refractivity contribution in [1.82, 2.24) is 19.8 Å². The van der Waals surface area contributed by atoms with Gasteiger partial charge in [-0.1, -0.05) is 16.8 Å². The van der Waals surface area contributed by atoms with Crippen LogP contribution in [0.3, 0.4) is 0 Å². The minimum absolute atomic E-state index is 0.0683. The highest BCUT2D eigenvalue weighted by atomic mass is 35.5. The minimum atomic E-state index is -1.16. The molecule has 3 aromatic rings. The van der Waals surface area contributed by atoms with Gasteiger partial charge in [0.1, 0.15) is 11.4 Å². The van der Waals surface area contributed by atoms with Crippen LogP contribution in [0.1, 0.15) is 39.5 Å². The van der Waals surface area contributed by atoms with E-state index in [-0.39, 0.29) is 23.8 Å². The number of rotatable bonds is 5. The van der Waals surface area contributed by atoms with E-state index in [9.17, 15) is 14.7 Å². The average Bonchev–Trinajstić information content (AvgIpc) is 3.41. The molecule has 0 bridgehead atoms. The Morgan fingerprint density at radius 2 is 2.04 bits per heavy atom. The molecule has 3 aromatic heterocycles. The van der Waals surface area contributed by atoms with Crippen molar-refractivity contribution in [2.24, 2.45) is 0 Å². The first kappa shape index (κ1) is 17.7. The van der Waals surface area contributed by atoms with Crippen LogP contribution < -0.4 is 0 Å². The summed E-state index contributed by atoms with van der Waals surface area (Å²) in [6, 6.07) is 6.59. The summed E-state index contributed by atoms with van der Waals surface area (Å²) in [6.07, 6.45) is 1.90. The summed E-state index contributed by atoms with van der Waals surface area (Å²) in [5.74, 6) is -0.862. The number of halogens is 1. The number of nitrogens with zero attached hydrogens (tertiary/aromatic N) is 4. The Hall–Kier alpha value is -2.65. The zero-order valence-corrected chi connectivity index (χ0v) is 15.7. The molecule has 27 heavy (non-hydrogen) atoms. The normalized spacial score (nSPS) is 14.0. The molecule has 0 unspecified atom stereocenters. The second-order valence-corrected chi connectivity index (χ2v) is 7.88. The van der Waals surface area contributed by atoms with Gasteiger partial charge in [-0.15, -0.1) is 11.3 Å². The van der Waals surface area contributed by atoms with E-state index in [1.54, 1.807) is 17.0 Å². The monoisotopic (exact) mass is 406 g/mol. The summed E-state index contributed by atoms with van der Waals surface area (Å²) >= 11 is 7.29. The van der Waals surface area contributed by atoms with Crippen molar-refractivity contribution >= 4 is 34.8 Å². The van der Waals surface area contributed by atoms with E-state index < -0.39 is 5.97 Å². The maximum Gasteiger partial charge on any atom is 0.354 e. The molecule has 8 nitrogen and oxygen atoms in total. The Balaban J connectivity index is 1.58. The lowest BCUT2D eigenvalue weighted by atomic mass is 10.3. The number of thiophene rings is 1. The molecule has 1 saturated heterocycles. The fourth-order valence-corrected chi connectivity index (χ4v) is 3.99. The van der Waals surface area contributed by atoms with Crippen LogP contribution in [0.2, 0.25) is 4.34 Å². The van der Waals surface area contributed by atoms with E-state index in [2.05, 4.69) is 10.3 Å². The van der Waals surface area contributed by atoms with Gasteiger partial charge in [0.05, 0.1) is 15.8 Å². The average molecular weight is 407 g/mol. The number of likely N-dealkylation sites (tertiary alicyclic amines) is 1. The zero-order valence-electron chi connectivity index (χ0n) is 14.1. The van der Waals surface area contributed by atoms with Gasteiger partial charge in [0.25, 0.3) is 5.91 Å². The van der Waals surface area contributed by atoms with Gasteiger partial charge in [0.15, 0.2) is 11.5 Å². The number of hydrogen-bond acceptors (Lipinski definition) is 6. The Bertz CT molecular complexity index is 1000. The molecule has 1 fully saturated rings. The third-order valence-electron chi connectivity index (χ3n) is 4.30. The molecule has 1 amide bonds. The molecular formula is C17H15ClN4O4S. The Labute approximate surface area is 162 Å². The van der Waals surface area contributed by atoms with E-state index in [4.69, 9.17) is 16.1 Å². The van der Waals surface area contributed by atoms with Gasteiger partial charge in [0, 0.05) is 25.2 Å². The van der Waals surface area contributed by atoms with Crippen molar-refractivity contribution in [3.8, 4) is 10.6 Å². The second-order valence-electron chi connectivity index (χ2n) is 6.16. The molecule has 0 aromatic carbocycles. The summed E-state index contributed by atoms with van der Waals surface area (Å²) in [7, 11) is 0. The molecule has 0 radical (unpaired) electrons. The fourth-order valence-electron chi connectivity index (χ4n) is 3.00. The zero-order chi connectivity index (χ0) is 19.0. The molecule has 1 N–H and O–H groups in total. The molecular weight excluding hydrogens is 392 g/mol. The topological polar surface area (TPSA) is 101 Å². The number of amides is 1.